The van der Waals surface area contributed by atoms with E-state index in [-0.39, 0.29) is 35.9 Å². The lowest BCUT2D eigenvalue weighted by molar-refractivity contribution is 0.0526. The van der Waals surface area contributed by atoms with Gasteiger partial charge < -0.3 is 19.5 Å². The highest BCUT2D eigenvalue weighted by atomic mass is 32.2. The van der Waals surface area contributed by atoms with Gasteiger partial charge in [0.15, 0.2) is 0 Å². The summed E-state index contributed by atoms with van der Waals surface area (Å²) < 4.78 is 42.6. The van der Waals surface area contributed by atoms with Crippen LogP contribution >= 0.6 is 0 Å². The first-order chi connectivity index (χ1) is 14.9. The lowest BCUT2D eigenvalue weighted by atomic mass is 10.1. The van der Waals surface area contributed by atoms with Crippen LogP contribution in [0.25, 0.3) is 0 Å². The number of nitrogens with zero attached hydrogens (tertiary/aromatic N) is 1. The van der Waals surface area contributed by atoms with Gasteiger partial charge in [0.25, 0.3) is 5.91 Å². The minimum Gasteiger partial charge on any atom is -0.496 e. The largest absolute Gasteiger partial charge is 0.496 e. The third-order valence-electron chi connectivity index (χ3n) is 4.68. The SMILES string of the molecule is CCOC(=O)c1ccc(NC(=O)c2cc(S(=O)(=O)N3CCOCC3)ccc2OC)cc1. The van der Waals surface area contributed by atoms with Gasteiger partial charge in [0.2, 0.25) is 10.0 Å². The smallest absolute Gasteiger partial charge is 0.338 e. The first-order valence-electron chi connectivity index (χ1n) is 9.71. The maximum Gasteiger partial charge on any atom is 0.338 e. The van der Waals surface area contributed by atoms with Crippen molar-refractivity contribution in [2.75, 3.05) is 45.3 Å². The maximum absolute atomic E-state index is 12.9. The average molecular weight is 448 g/mol. The van der Waals surface area contributed by atoms with Crippen molar-refractivity contribution < 1.29 is 32.2 Å². The molecule has 0 atom stereocenters. The number of amides is 1. The molecule has 1 N–H and O–H groups in total. The zero-order valence-electron chi connectivity index (χ0n) is 17.3. The Morgan fingerprint density at radius 2 is 1.77 bits per heavy atom. The predicted molar refractivity (Wildman–Crippen MR) is 113 cm³/mol. The second-order valence-electron chi connectivity index (χ2n) is 6.63. The van der Waals surface area contributed by atoms with Gasteiger partial charge >= 0.3 is 5.97 Å². The summed E-state index contributed by atoms with van der Waals surface area (Å²) in [6.45, 7) is 3.13. The van der Waals surface area contributed by atoms with E-state index in [2.05, 4.69) is 5.32 Å². The summed E-state index contributed by atoms with van der Waals surface area (Å²) in [5.74, 6) is -0.760. The van der Waals surface area contributed by atoms with E-state index in [9.17, 15) is 18.0 Å². The minimum absolute atomic E-state index is 0.00184. The molecule has 0 aromatic heterocycles. The zero-order chi connectivity index (χ0) is 22.4. The van der Waals surface area contributed by atoms with E-state index in [0.717, 1.165) is 0 Å². The van der Waals surface area contributed by atoms with Crippen molar-refractivity contribution in [1.29, 1.82) is 0 Å². The van der Waals surface area contributed by atoms with E-state index >= 15 is 0 Å². The number of benzene rings is 2. The Bertz CT molecular complexity index is 1050. The predicted octanol–water partition coefficient (Wildman–Crippen LogP) is 2.15. The molecule has 1 saturated heterocycles. The first kappa shape index (κ1) is 22.7. The van der Waals surface area contributed by atoms with Crippen LogP contribution in [0.2, 0.25) is 0 Å². The molecule has 1 aliphatic heterocycles. The highest BCUT2D eigenvalue weighted by Gasteiger charge is 2.28. The molecule has 1 heterocycles. The number of hydrogen-bond donors (Lipinski definition) is 1. The molecular weight excluding hydrogens is 424 g/mol. The van der Waals surface area contributed by atoms with E-state index in [4.69, 9.17) is 14.2 Å². The number of sulfonamides is 1. The molecule has 1 amide bonds. The Labute approximate surface area is 181 Å². The van der Waals surface area contributed by atoms with Crippen LogP contribution in [0.4, 0.5) is 5.69 Å². The number of morpholine rings is 1. The van der Waals surface area contributed by atoms with Gasteiger partial charge in [0, 0.05) is 18.8 Å². The first-order valence-corrected chi connectivity index (χ1v) is 11.1. The molecule has 0 aliphatic carbocycles. The topological polar surface area (TPSA) is 111 Å². The number of methoxy groups -OCH3 is 1. The van der Waals surface area contributed by atoms with Crippen molar-refractivity contribution in [3.63, 3.8) is 0 Å². The molecule has 0 saturated carbocycles. The lowest BCUT2D eigenvalue weighted by Gasteiger charge is -2.26. The molecule has 0 radical (unpaired) electrons. The van der Waals surface area contributed by atoms with Gasteiger partial charge in [0.1, 0.15) is 5.75 Å². The minimum atomic E-state index is -3.77. The molecule has 0 bridgehead atoms. The quantitative estimate of drug-likeness (QED) is 0.646. The third kappa shape index (κ3) is 5.22. The number of ether oxygens (including phenoxy) is 3. The van der Waals surface area contributed by atoms with Crippen LogP contribution < -0.4 is 10.1 Å². The molecule has 2 aromatic carbocycles. The van der Waals surface area contributed by atoms with Gasteiger partial charge in [-0.15, -0.1) is 0 Å². The van der Waals surface area contributed by atoms with Crippen molar-refractivity contribution in [1.82, 2.24) is 4.31 Å². The second-order valence-corrected chi connectivity index (χ2v) is 8.57. The Balaban J connectivity index is 1.83. The van der Waals surface area contributed by atoms with E-state index < -0.39 is 21.9 Å². The normalized spacial score (nSPS) is 14.6. The van der Waals surface area contributed by atoms with Gasteiger partial charge in [-0.1, -0.05) is 0 Å². The van der Waals surface area contributed by atoms with Crippen molar-refractivity contribution >= 4 is 27.6 Å². The summed E-state index contributed by atoms with van der Waals surface area (Å²) in [5, 5.41) is 2.69. The van der Waals surface area contributed by atoms with Crippen LogP contribution in [0.3, 0.4) is 0 Å². The number of carbonyl (C=O) groups excluding carboxylic acids is 2. The summed E-state index contributed by atoms with van der Waals surface area (Å²) in [6.07, 6.45) is 0. The molecule has 1 fully saturated rings. The van der Waals surface area contributed by atoms with Crippen LogP contribution in [0.5, 0.6) is 5.75 Å². The Kier molecular flexibility index (Phi) is 7.26. The van der Waals surface area contributed by atoms with Gasteiger partial charge in [-0.25, -0.2) is 13.2 Å². The molecule has 166 valence electrons. The average Bonchev–Trinajstić information content (AvgIpc) is 2.79. The number of nitrogens with one attached hydrogen (secondary N) is 1. The fourth-order valence-corrected chi connectivity index (χ4v) is 4.50. The fraction of sp³-hybridized carbons (Fsp3) is 0.333. The number of hydrogen-bond acceptors (Lipinski definition) is 7. The van der Waals surface area contributed by atoms with E-state index in [1.54, 1.807) is 19.1 Å². The molecule has 1 aliphatic rings. The lowest BCUT2D eigenvalue weighted by Crippen LogP contribution is -2.40. The van der Waals surface area contributed by atoms with Crippen LogP contribution in [0.15, 0.2) is 47.4 Å². The standard InChI is InChI=1S/C21H24N2O7S/c1-3-30-21(25)15-4-6-16(7-5-15)22-20(24)18-14-17(8-9-19(18)28-2)31(26,27)23-10-12-29-13-11-23/h4-9,14H,3,10-13H2,1-2H3,(H,22,24). The highest BCUT2D eigenvalue weighted by Crippen LogP contribution is 2.26. The van der Waals surface area contributed by atoms with E-state index in [1.165, 1.54) is 41.7 Å². The highest BCUT2D eigenvalue weighted by molar-refractivity contribution is 7.89. The second kappa shape index (κ2) is 9.90. The van der Waals surface area contributed by atoms with Gasteiger partial charge in [-0.3, -0.25) is 4.79 Å². The summed E-state index contributed by atoms with van der Waals surface area (Å²) in [4.78, 5) is 24.6. The van der Waals surface area contributed by atoms with Crippen molar-refractivity contribution in [2.45, 2.75) is 11.8 Å². The Morgan fingerprint density at radius 3 is 2.39 bits per heavy atom. The number of carbonyl (C=O) groups is 2. The Hall–Kier alpha value is -2.95. The molecule has 0 unspecified atom stereocenters. The van der Waals surface area contributed by atoms with Crippen LogP contribution in [-0.4, -0.2) is 64.6 Å². The summed E-state index contributed by atoms with van der Waals surface area (Å²) in [6, 6.07) is 10.3. The number of esters is 1. The van der Waals surface area contributed by atoms with E-state index in [1.807, 2.05) is 0 Å². The maximum atomic E-state index is 12.9. The fourth-order valence-electron chi connectivity index (χ4n) is 3.06. The number of rotatable bonds is 7. The van der Waals surface area contributed by atoms with Crippen molar-refractivity contribution in [3.05, 3.63) is 53.6 Å². The van der Waals surface area contributed by atoms with Crippen molar-refractivity contribution in [2.24, 2.45) is 0 Å². The molecule has 9 nitrogen and oxygen atoms in total. The molecule has 0 spiro atoms. The number of anilines is 1. The monoisotopic (exact) mass is 448 g/mol. The summed E-state index contributed by atoms with van der Waals surface area (Å²) in [5.41, 5.74) is 0.865. The molecular formula is C21H24N2O7S. The molecule has 10 heteroatoms. The third-order valence-corrected chi connectivity index (χ3v) is 6.57. The van der Waals surface area contributed by atoms with Gasteiger partial charge in [-0.2, -0.15) is 4.31 Å². The van der Waals surface area contributed by atoms with Gasteiger partial charge in [-0.05, 0) is 49.4 Å². The van der Waals surface area contributed by atoms with Gasteiger partial charge in [0.05, 0.1) is 43.0 Å². The van der Waals surface area contributed by atoms with Crippen LogP contribution in [0.1, 0.15) is 27.6 Å². The summed E-state index contributed by atoms with van der Waals surface area (Å²) >= 11 is 0. The van der Waals surface area contributed by atoms with E-state index in [0.29, 0.717) is 24.5 Å². The van der Waals surface area contributed by atoms with Crippen LogP contribution in [0, 0.1) is 0 Å². The van der Waals surface area contributed by atoms with Crippen molar-refractivity contribution in [3.8, 4) is 5.75 Å². The molecule has 2 aromatic rings. The molecule has 31 heavy (non-hydrogen) atoms. The summed E-state index contributed by atoms with van der Waals surface area (Å²) in [7, 11) is -2.37. The van der Waals surface area contributed by atoms with Crippen LogP contribution in [-0.2, 0) is 19.5 Å². The zero-order valence-corrected chi connectivity index (χ0v) is 18.1. The Morgan fingerprint density at radius 1 is 1.10 bits per heavy atom. The molecule has 3 rings (SSSR count).